The number of hydrogen-bond donors (Lipinski definition) is 2. The Hall–Kier alpha value is -2.35. The summed E-state index contributed by atoms with van der Waals surface area (Å²) in [6.07, 6.45) is -2.89. The molecule has 2 heterocycles. The number of halogens is 3. The molecule has 162 valence electrons. The number of nitrogens with zero attached hydrogens (tertiary/aromatic N) is 2. The maximum Gasteiger partial charge on any atom is 0.433 e. The second-order valence-corrected chi connectivity index (χ2v) is 8.48. The first kappa shape index (κ1) is 20.9. The van der Waals surface area contributed by atoms with Crippen molar-refractivity contribution in [1.29, 1.82) is 0 Å². The number of aromatic nitrogens is 2. The number of rotatable bonds is 5. The van der Waals surface area contributed by atoms with E-state index in [2.05, 4.69) is 29.1 Å². The van der Waals surface area contributed by atoms with Crippen LogP contribution in [0.3, 0.4) is 0 Å². The highest BCUT2D eigenvalue weighted by Gasteiger charge is 2.61. The van der Waals surface area contributed by atoms with Crippen LogP contribution in [0.25, 0.3) is 0 Å². The SMILES string of the molecule is COc1ccc(NC(C)C2CC(c3cccc(C(F)(F)F)n3)C(O)C3C(C)C23)cn1. The summed E-state index contributed by atoms with van der Waals surface area (Å²) in [7, 11) is 1.56. The Labute approximate surface area is 173 Å². The second-order valence-electron chi connectivity index (χ2n) is 8.48. The average Bonchev–Trinajstić information content (AvgIpc) is 3.40. The number of nitrogens with one attached hydrogen (secondary N) is 1. The number of aliphatic hydroxyl groups excluding tert-OH is 1. The summed E-state index contributed by atoms with van der Waals surface area (Å²) in [5.41, 5.74) is 0.261. The molecule has 2 aromatic rings. The number of fused-ring (bicyclic) bond motifs is 1. The highest BCUT2D eigenvalue weighted by Crippen LogP contribution is 2.62. The Balaban J connectivity index is 1.55. The molecule has 2 saturated carbocycles. The van der Waals surface area contributed by atoms with Crippen molar-refractivity contribution in [3.63, 3.8) is 0 Å². The van der Waals surface area contributed by atoms with Gasteiger partial charge in [-0.25, -0.2) is 9.97 Å². The van der Waals surface area contributed by atoms with Gasteiger partial charge in [-0.2, -0.15) is 13.2 Å². The first-order valence-corrected chi connectivity index (χ1v) is 10.2. The summed E-state index contributed by atoms with van der Waals surface area (Å²) in [4.78, 5) is 8.07. The molecule has 2 fully saturated rings. The van der Waals surface area contributed by atoms with E-state index in [1.54, 1.807) is 25.4 Å². The summed E-state index contributed by atoms with van der Waals surface area (Å²) in [6.45, 7) is 4.18. The fourth-order valence-corrected chi connectivity index (χ4v) is 5.20. The Morgan fingerprint density at radius 3 is 2.60 bits per heavy atom. The van der Waals surface area contributed by atoms with E-state index in [1.807, 2.05) is 6.07 Å². The number of aliphatic hydroxyl groups is 1. The van der Waals surface area contributed by atoms with Crippen molar-refractivity contribution in [2.75, 3.05) is 12.4 Å². The molecule has 2 N–H and O–H groups in total. The lowest BCUT2D eigenvalue weighted by Crippen LogP contribution is -2.38. The summed E-state index contributed by atoms with van der Waals surface area (Å²) < 4.78 is 44.5. The van der Waals surface area contributed by atoms with Crippen LogP contribution in [-0.4, -0.2) is 34.3 Å². The number of methoxy groups -OCH3 is 1. The van der Waals surface area contributed by atoms with Gasteiger partial charge in [-0.15, -0.1) is 0 Å². The Bertz CT molecular complexity index is 890. The van der Waals surface area contributed by atoms with Gasteiger partial charge in [0.1, 0.15) is 5.69 Å². The maximum absolute atomic E-state index is 13.1. The van der Waals surface area contributed by atoms with Gasteiger partial charge in [-0.1, -0.05) is 13.0 Å². The largest absolute Gasteiger partial charge is 0.481 e. The van der Waals surface area contributed by atoms with Crippen LogP contribution in [0.4, 0.5) is 18.9 Å². The number of alkyl halides is 3. The third-order valence-electron chi connectivity index (χ3n) is 6.77. The minimum absolute atomic E-state index is 0.0680. The molecular formula is C22H26F3N3O2. The lowest BCUT2D eigenvalue weighted by molar-refractivity contribution is -0.141. The average molecular weight is 421 g/mol. The van der Waals surface area contributed by atoms with Crippen LogP contribution in [-0.2, 0) is 6.18 Å². The van der Waals surface area contributed by atoms with Gasteiger partial charge >= 0.3 is 6.18 Å². The predicted molar refractivity (Wildman–Crippen MR) is 106 cm³/mol. The van der Waals surface area contributed by atoms with Gasteiger partial charge < -0.3 is 15.2 Å². The van der Waals surface area contributed by atoms with Crippen molar-refractivity contribution < 1.29 is 23.0 Å². The summed E-state index contributed by atoms with van der Waals surface area (Å²) in [5.74, 6) is 1.08. The molecule has 0 aliphatic heterocycles. The monoisotopic (exact) mass is 421 g/mol. The van der Waals surface area contributed by atoms with E-state index in [0.717, 1.165) is 11.8 Å². The van der Waals surface area contributed by atoms with Crippen molar-refractivity contribution in [3.05, 3.63) is 47.9 Å². The third-order valence-corrected chi connectivity index (χ3v) is 6.77. The van der Waals surface area contributed by atoms with Crippen LogP contribution in [0, 0.1) is 23.7 Å². The summed E-state index contributed by atoms with van der Waals surface area (Å²) in [5, 5.41) is 14.3. The van der Waals surface area contributed by atoms with E-state index in [0.29, 0.717) is 29.8 Å². The predicted octanol–water partition coefficient (Wildman–Crippen LogP) is 4.35. The fourth-order valence-electron chi connectivity index (χ4n) is 5.20. The van der Waals surface area contributed by atoms with E-state index in [-0.39, 0.29) is 17.9 Å². The van der Waals surface area contributed by atoms with Crippen molar-refractivity contribution in [3.8, 4) is 5.88 Å². The zero-order valence-electron chi connectivity index (χ0n) is 17.1. The zero-order valence-corrected chi connectivity index (χ0v) is 17.1. The van der Waals surface area contributed by atoms with E-state index in [9.17, 15) is 18.3 Å². The molecule has 7 atom stereocenters. The highest BCUT2D eigenvalue weighted by molar-refractivity contribution is 5.43. The quantitative estimate of drug-likeness (QED) is 0.751. The Morgan fingerprint density at radius 1 is 1.20 bits per heavy atom. The second kappa shape index (κ2) is 7.72. The highest BCUT2D eigenvalue weighted by atomic mass is 19.4. The van der Waals surface area contributed by atoms with Gasteiger partial charge in [0.2, 0.25) is 5.88 Å². The van der Waals surface area contributed by atoms with Crippen LogP contribution in [0.5, 0.6) is 5.88 Å². The third kappa shape index (κ3) is 3.85. The molecule has 0 spiro atoms. The fraction of sp³-hybridized carbons (Fsp3) is 0.545. The number of anilines is 1. The number of hydrogen-bond acceptors (Lipinski definition) is 5. The van der Waals surface area contributed by atoms with Gasteiger partial charge in [-0.05, 0) is 55.2 Å². The van der Waals surface area contributed by atoms with Crippen LogP contribution in [0.1, 0.15) is 37.6 Å². The Kier molecular flexibility index (Phi) is 5.38. The molecule has 2 aliphatic rings. The van der Waals surface area contributed by atoms with E-state index in [4.69, 9.17) is 4.74 Å². The van der Waals surface area contributed by atoms with Crippen LogP contribution in [0.2, 0.25) is 0 Å². The first-order valence-electron chi connectivity index (χ1n) is 10.2. The minimum Gasteiger partial charge on any atom is -0.481 e. The molecule has 2 aromatic heterocycles. The molecule has 5 nitrogen and oxygen atoms in total. The van der Waals surface area contributed by atoms with E-state index in [1.165, 1.54) is 6.07 Å². The van der Waals surface area contributed by atoms with Gasteiger partial charge in [-0.3, -0.25) is 0 Å². The van der Waals surface area contributed by atoms with Crippen molar-refractivity contribution in [1.82, 2.24) is 9.97 Å². The minimum atomic E-state index is -4.50. The molecule has 0 bridgehead atoms. The van der Waals surface area contributed by atoms with Gasteiger partial charge in [0.05, 0.1) is 25.1 Å². The number of pyridine rings is 2. The van der Waals surface area contributed by atoms with Gasteiger partial charge in [0, 0.05) is 23.7 Å². The van der Waals surface area contributed by atoms with Crippen LogP contribution >= 0.6 is 0 Å². The molecule has 2 aliphatic carbocycles. The smallest absolute Gasteiger partial charge is 0.433 e. The van der Waals surface area contributed by atoms with Crippen LogP contribution in [0.15, 0.2) is 36.5 Å². The van der Waals surface area contributed by atoms with Crippen molar-refractivity contribution >= 4 is 5.69 Å². The topological polar surface area (TPSA) is 67.3 Å². The molecule has 0 aromatic carbocycles. The standard InChI is InChI=1S/C22H26F3N3O2/c1-11-19-14(12(2)27-13-7-8-18(30-3)26-10-13)9-15(21(29)20(11)19)16-5-4-6-17(28-16)22(23,24)25/h4-8,10-12,14-15,19-21,27,29H,9H2,1-3H3. The molecule has 0 radical (unpaired) electrons. The van der Waals surface area contributed by atoms with E-state index >= 15 is 0 Å². The molecule has 4 rings (SSSR count). The maximum atomic E-state index is 13.1. The first-order chi connectivity index (χ1) is 14.2. The number of ether oxygens (including phenoxy) is 1. The summed E-state index contributed by atoms with van der Waals surface area (Å²) >= 11 is 0. The van der Waals surface area contributed by atoms with Gasteiger partial charge in [0.25, 0.3) is 0 Å². The molecule has 7 unspecified atom stereocenters. The van der Waals surface area contributed by atoms with E-state index < -0.39 is 23.9 Å². The zero-order chi connectivity index (χ0) is 21.6. The molecular weight excluding hydrogens is 395 g/mol. The molecule has 0 saturated heterocycles. The van der Waals surface area contributed by atoms with Crippen LogP contribution < -0.4 is 10.1 Å². The lowest BCUT2D eigenvalue weighted by Gasteiger charge is -2.36. The van der Waals surface area contributed by atoms with Crippen molar-refractivity contribution in [2.45, 2.75) is 44.5 Å². The molecule has 0 amide bonds. The van der Waals surface area contributed by atoms with Gasteiger partial charge in [0.15, 0.2) is 0 Å². The Morgan fingerprint density at radius 2 is 1.97 bits per heavy atom. The molecule has 30 heavy (non-hydrogen) atoms. The lowest BCUT2D eigenvalue weighted by atomic mass is 9.75. The van der Waals surface area contributed by atoms with Crippen molar-refractivity contribution in [2.24, 2.45) is 23.7 Å². The molecule has 8 heteroatoms. The summed E-state index contributed by atoms with van der Waals surface area (Å²) in [6, 6.07) is 7.68. The normalized spacial score (nSPS) is 31.6.